The number of aldehydes is 1. The Morgan fingerprint density at radius 1 is 0.917 bits per heavy atom. The van der Waals surface area contributed by atoms with Crippen LogP contribution in [0.5, 0.6) is 0 Å². The molecule has 0 rings (SSSR count). The number of nitrogens with one attached hydrogen (secondary N) is 2. The predicted molar refractivity (Wildman–Crippen MR) is 89.4 cm³/mol. The van der Waals surface area contributed by atoms with Crippen LogP contribution < -0.4 is 62.0 Å². The van der Waals surface area contributed by atoms with Crippen molar-refractivity contribution in [3.05, 3.63) is 0 Å². The summed E-state index contributed by atoms with van der Waals surface area (Å²) < 4.78 is 20.0. The van der Waals surface area contributed by atoms with E-state index in [1.165, 1.54) is 7.11 Å². The molecule has 140 valence electrons. The fourth-order valence-corrected chi connectivity index (χ4v) is 0.958. The number of hydrogen-bond acceptors (Lipinski definition) is 7. The van der Waals surface area contributed by atoms with Gasteiger partial charge in [-0.2, -0.15) is 6.41 Å². The number of amides is 1. The molecule has 0 bridgehead atoms. The molecule has 0 heterocycles. The molecule has 0 fully saturated rings. The quantitative estimate of drug-likeness (QED) is 0.102. The van der Waals surface area contributed by atoms with Gasteiger partial charge in [0.05, 0.1) is 39.6 Å². The Kier molecular flexibility index (Phi) is 52.3. The first-order chi connectivity index (χ1) is 11.3. The summed E-state index contributed by atoms with van der Waals surface area (Å²) in [6.07, 6.45) is 2.28. The van der Waals surface area contributed by atoms with E-state index in [-0.39, 0.29) is 58.0 Å². The van der Waals surface area contributed by atoms with Crippen LogP contribution in [0.15, 0.2) is 0 Å². The van der Waals surface area contributed by atoms with Crippen LogP contribution in [0.1, 0.15) is 13.8 Å². The third kappa shape index (κ3) is 43.3. The third-order valence-electron chi connectivity index (χ3n) is 1.92. The molecular formula is C15H33KN2O6. The molecule has 0 radical (unpaired) electrons. The van der Waals surface area contributed by atoms with E-state index in [1.54, 1.807) is 6.41 Å². The van der Waals surface area contributed by atoms with Crippen LogP contribution in [-0.4, -0.2) is 86.2 Å². The zero-order valence-electron chi connectivity index (χ0n) is 15.9. The molecule has 0 unspecified atom stereocenters. The molecule has 0 saturated carbocycles. The second kappa shape index (κ2) is 38.9. The largest absolute Gasteiger partial charge is 1.00 e. The normalized spacial score (nSPS) is 8.67. The Balaban J connectivity index is -0.000000213. The van der Waals surface area contributed by atoms with Crippen LogP contribution in [0, 0.1) is 0 Å². The second-order valence-electron chi connectivity index (χ2n) is 3.59. The van der Waals surface area contributed by atoms with Crippen LogP contribution in [0.4, 0.5) is 0 Å². The summed E-state index contributed by atoms with van der Waals surface area (Å²) in [7, 11) is 3.36. The molecular weight excluding hydrogens is 343 g/mol. The summed E-state index contributed by atoms with van der Waals surface area (Å²) in [5.41, 5.74) is 0. The Hall–Kier alpha value is 0.576. The summed E-state index contributed by atoms with van der Waals surface area (Å²) in [4.78, 5) is 19.0. The van der Waals surface area contributed by atoms with E-state index in [4.69, 9.17) is 14.2 Å². The molecule has 24 heavy (non-hydrogen) atoms. The van der Waals surface area contributed by atoms with Crippen molar-refractivity contribution >= 4 is 12.7 Å². The smallest absolute Gasteiger partial charge is 0.528 e. The summed E-state index contributed by atoms with van der Waals surface area (Å²) >= 11 is 0. The van der Waals surface area contributed by atoms with Gasteiger partial charge in [0, 0.05) is 20.2 Å². The fraction of sp³-hybridized carbons (Fsp3) is 0.867. The van der Waals surface area contributed by atoms with E-state index in [0.29, 0.717) is 52.5 Å². The Morgan fingerprint density at radius 3 is 1.71 bits per heavy atom. The van der Waals surface area contributed by atoms with Crippen LogP contribution in [0.2, 0.25) is 0 Å². The van der Waals surface area contributed by atoms with Crippen molar-refractivity contribution in [3.8, 4) is 0 Å². The minimum Gasteiger partial charge on any atom is -0.528 e. The van der Waals surface area contributed by atoms with Gasteiger partial charge >= 0.3 is 51.4 Å². The molecule has 0 saturated heterocycles. The van der Waals surface area contributed by atoms with Crippen LogP contribution in [0.25, 0.3) is 0 Å². The number of hydrogen-bond donors (Lipinski definition) is 2. The average molecular weight is 377 g/mol. The van der Waals surface area contributed by atoms with Gasteiger partial charge in [0.15, 0.2) is 0 Å². The molecule has 2 N–H and O–H groups in total. The standard InChI is InChI=1S/C10H21N2O4.C3H6O2.C2H6.K/c1-11-2-4-14-6-8-16-9-7-15-5-3-12-10-13;1-5-3-2-4;1-2;/h11H,2-9H2,1H3,(H,12,13);2H,3H2,1H3;1-2H3;/q-1;;;+1. The predicted octanol–water partition coefficient (Wildman–Crippen LogP) is -3.23. The van der Waals surface area contributed by atoms with Crippen molar-refractivity contribution in [3.63, 3.8) is 0 Å². The molecule has 0 aliphatic rings. The van der Waals surface area contributed by atoms with Crippen molar-refractivity contribution in [1.29, 1.82) is 0 Å². The van der Waals surface area contributed by atoms with Gasteiger partial charge in [-0.3, -0.25) is 0 Å². The van der Waals surface area contributed by atoms with E-state index in [0.717, 1.165) is 6.54 Å². The number of rotatable bonds is 15. The summed E-state index contributed by atoms with van der Waals surface area (Å²) in [5.74, 6) is 0. The average Bonchev–Trinajstić information content (AvgIpc) is 2.59. The molecule has 0 aliphatic carbocycles. The van der Waals surface area contributed by atoms with Gasteiger partial charge in [-0.25, -0.2) is 0 Å². The minimum absolute atomic E-state index is 0. The van der Waals surface area contributed by atoms with Gasteiger partial charge in [-0.05, 0) is 7.05 Å². The van der Waals surface area contributed by atoms with Gasteiger partial charge in [0.25, 0.3) is 0 Å². The topological polar surface area (TPSA) is 95.1 Å². The van der Waals surface area contributed by atoms with Gasteiger partial charge in [-0.1, -0.05) is 13.8 Å². The van der Waals surface area contributed by atoms with E-state index in [2.05, 4.69) is 15.4 Å². The number of methoxy groups -OCH3 is 1. The molecule has 8 nitrogen and oxygen atoms in total. The summed E-state index contributed by atoms with van der Waals surface area (Å²) in [6, 6.07) is 0. The molecule has 0 aromatic rings. The van der Waals surface area contributed by atoms with Gasteiger partial charge < -0.3 is 39.2 Å². The van der Waals surface area contributed by atoms with Gasteiger partial charge in [0.1, 0.15) is 12.9 Å². The van der Waals surface area contributed by atoms with Crippen molar-refractivity contribution in [2.24, 2.45) is 0 Å². The number of ether oxygens (including phenoxy) is 4. The Labute approximate surface area is 189 Å². The van der Waals surface area contributed by atoms with Crippen molar-refractivity contribution < 1.29 is 79.9 Å². The van der Waals surface area contributed by atoms with Crippen molar-refractivity contribution in [1.82, 2.24) is 10.6 Å². The number of carbonyl (C=O) groups excluding carboxylic acids is 2. The van der Waals surface area contributed by atoms with Crippen LogP contribution in [-0.2, 0) is 28.5 Å². The summed E-state index contributed by atoms with van der Waals surface area (Å²) in [6.45, 7) is 8.97. The molecule has 1 amide bonds. The van der Waals surface area contributed by atoms with E-state index in [1.807, 2.05) is 20.9 Å². The maximum atomic E-state index is 9.75. The van der Waals surface area contributed by atoms with E-state index >= 15 is 0 Å². The zero-order valence-corrected chi connectivity index (χ0v) is 19.0. The van der Waals surface area contributed by atoms with Crippen LogP contribution in [0.3, 0.4) is 0 Å². The first-order valence-electron chi connectivity index (χ1n) is 7.73. The molecule has 0 spiro atoms. The van der Waals surface area contributed by atoms with E-state index < -0.39 is 0 Å². The summed E-state index contributed by atoms with van der Waals surface area (Å²) in [5, 5.41) is 5.37. The van der Waals surface area contributed by atoms with E-state index in [9.17, 15) is 9.59 Å². The minimum atomic E-state index is 0. The molecule has 0 aromatic carbocycles. The van der Waals surface area contributed by atoms with Crippen molar-refractivity contribution in [2.75, 3.05) is 73.5 Å². The third-order valence-corrected chi connectivity index (χ3v) is 1.92. The molecule has 9 heteroatoms. The van der Waals surface area contributed by atoms with Crippen molar-refractivity contribution in [2.45, 2.75) is 13.8 Å². The number of likely N-dealkylation sites (N-methyl/N-ethyl adjacent to an activating group) is 1. The first kappa shape index (κ1) is 32.3. The Bertz CT molecular complexity index is 214. The first-order valence-corrected chi connectivity index (χ1v) is 7.73. The molecule has 0 aromatic heterocycles. The van der Waals surface area contributed by atoms with Gasteiger partial charge in [-0.15, -0.1) is 0 Å². The SMILES string of the molecule is CC.CNCCOCCOCCOCCN[C-]=O.COCC=O.[K+]. The number of carbonyl (C=O) groups is 1. The maximum absolute atomic E-state index is 9.75. The molecule has 0 atom stereocenters. The zero-order chi connectivity index (χ0) is 18.0. The monoisotopic (exact) mass is 376 g/mol. The fourth-order valence-electron chi connectivity index (χ4n) is 0.958. The maximum Gasteiger partial charge on any atom is 1.00 e. The van der Waals surface area contributed by atoms with Gasteiger partial charge in [0.2, 0.25) is 0 Å². The Morgan fingerprint density at radius 2 is 1.38 bits per heavy atom. The van der Waals surface area contributed by atoms with Crippen LogP contribution >= 0.6 is 0 Å². The molecule has 0 aliphatic heterocycles. The second-order valence-corrected chi connectivity index (χ2v) is 3.59.